The number of anilines is 2. The van der Waals surface area contributed by atoms with Crippen LogP contribution in [0.2, 0.25) is 0 Å². The molecule has 3 rings (SSSR count). The Morgan fingerprint density at radius 2 is 1.88 bits per heavy atom. The van der Waals surface area contributed by atoms with Crippen LogP contribution in [-0.4, -0.2) is 22.6 Å². The summed E-state index contributed by atoms with van der Waals surface area (Å²) in [6, 6.07) is 2.64. The summed E-state index contributed by atoms with van der Waals surface area (Å²) in [5.41, 5.74) is 2.62. The minimum Gasteiger partial charge on any atom is -0.367 e. The molecule has 24 heavy (non-hydrogen) atoms. The minimum atomic E-state index is 0.571. The lowest BCUT2D eigenvalue weighted by atomic mass is 9.97. The molecule has 2 aliphatic rings. The molecule has 0 bridgehead atoms. The van der Waals surface area contributed by atoms with Crippen molar-refractivity contribution in [3.8, 4) is 0 Å². The highest BCUT2D eigenvalue weighted by molar-refractivity contribution is 5.43. The van der Waals surface area contributed by atoms with E-state index in [1.165, 1.54) is 64.2 Å². The molecule has 1 aromatic heterocycles. The van der Waals surface area contributed by atoms with E-state index in [9.17, 15) is 0 Å². The Morgan fingerprint density at radius 3 is 2.62 bits per heavy atom. The Labute approximate surface area is 146 Å². The fourth-order valence-corrected chi connectivity index (χ4v) is 3.82. The average molecular weight is 329 g/mol. The van der Waals surface area contributed by atoms with Gasteiger partial charge in [0.1, 0.15) is 5.82 Å². The summed E-state index contributed by atoms with van der Waals surface area (Å²) < 4.78 is 0. The van der Waals surface area contributed by atoms with Crippen molar-refractivity contribution in [2.24, 2.45) is 0 Å². The van der Waals surface area contributed by atoms with E-state index in [1.54, 1.807) is 5.57 Å². The van der Waals surface area contributed by atoms with Crippen LogP contribution < -0.4 is 10.6 Å². The first-order chi connectivity index (χ1) is 11.8. The molecule has 4 nitrogen and oxygen atoms in total. The largest absolute Gasteiger partial charge is 0.367 e. The van der Waals surface area contributed by atoms with Gasteiger partial charge in [0.05, 0.1) is 0 Å². The number of allylic oxidation sites excluding steroid dienone is 1. The van der Waals surface area contributed by atoms with Crippen molar-refractivity contribution in [2.45, 2.75) is 83.6 Å². The lowest BCUT2D eigenvalue weighted by molar-refractivity contribution is 0.617. The van der Waals surface area contributed by atoms with Gasteiger partial charge >= 0.3 is 0 Å². The average Bonchev–Trinajstić information content (AvgIpc) is 2.84. The third-order valence-corrected chi connectivity index (χ3v) is 5.18. The third kappa shape index (κ3) is 5.50. The van der Waals surface area contributed by atoms with Crippen LogP contribution >= 0.6 is 0 Å². The second-order valence-electron chi connectivity index (χ2n) is 7.34. The molecule has 1 saturated carbocycles. The molecule has 0 aliphatic heterocycles. The van der Waals surface area contributed by atoms with Crippen molar-refractivity contribution in [2.75, 3.05) is 17.2 Å². The molecule has 4 heteroatoms. The van der Waals surface area contributed by atoms with E-state index in [4.69, 9.17) is 0 Å². The van der Waals surface area contributed by atoms with Crippen LogP contribution in [-0.2, 0) is 0 Å². The quantitative estimate of drug-likeness (QED) is 0.555. The topological polar surface area (TPSA) is 49.8 Å². The molecule has 0 saturated heterocycles. The summed E-state index contributed by atoms with van der Waals surface area (Å²) in [5, 5.41) is 7.06. The van der Waals surface area contributed by atoms with Gasteiger partial charge < -0.3 is 10.6 Å². The van der Waals surface area contributed by atoms with Gasteiger partial charge in [0.2, 0.25) is 5.95 Å². The number of nitrogens with zero attached hydrogens (tertiary/aromatic N) is 2. The smallest absolute Gasteiger partial charge is 0.224 e. The molecule has 1 fully saturated rings. The lowest BCUT2D eigenvalue weighted by Gasteiger charge is -2.18. The fraction of sp³-hybridized carbons (Fsp3) is 0.700. The summed E-state index contributed by atoms with van der Waals surface area (Å²) >= 11 is 0. The second kappa shape index (κ2) is 9.05. The first kappa shape index (κ1) is 17.2. The second-order valence-corrected chi connectivity index (χ2v) is 7.34. The predicted octanol–water partition coefficient (Wildman–Crippen LogP) is 5.22. The van der Waals surface area contributed by atoms with Gasteiger partial charge in [-0.2, -0.15) is 4.98 Å². The maximum absolute atomic E-state index is 4.69. The highest BCUT2D eigenvalue weighted by atomic mass is 15.1. The van der Waals surface area contributed by atoms with E-state index in [1.807, 2.05) is 0 Å². The molecule has 0 atom stereocenters. The number of hydrogen-bond acceptors (Lipinski definition) is 4. The zero-order valence-electron chi connectivity index (χ0n) is 15.1. The Kier molecular flexibility index (Phi) is 6.50. The van der Waals surface area contributed by atoms with Gasteiger partial charge in [-0.25, -0.2) is 4.98 Å². The molecule has 0 amide bonds. The van der Waals surface area contributed by atoms with Gasteiger partial charge in [0.25, 0.3) is 0 Å². The van der Waals surface area contributed by atoms with Crippen LogP contribution in [0.15, 0.2) is 17.7 Å². The van der Waals surface area contributed by atoms with Crippen LogP contribution in [0.25, 0.3) is 0 Å². The predicted molar refractivity (Wildman–Crippen MR) is 102 cm³/mol. The van der Waals surface area contributed by atoms with Gasteiger partial charge in [-0.3, -0.25) is 0 Å². The van der Waals surface area contributed by atoms with Crippen molar-refractivity contribution in [1.29, 1.82) is 0 Å². The van der Waals surface area contributed by atoms with Gasteiger partial charge in [-0.15, -0.1) is 0 Å². The summed E-state index contributed by atoms with van der Waals surface area (Å²) in [6.07, 6.45) is 16.7. The Balaban J connectivity index is 1.53. The number of rotatable bonds is 6. The molecule has 1 heterocycles. The van der Waals surface area contributed by atoms with Crippen molar-refractivity contribution in [3.63, 3.8) is 0 Å². The normalized spacial score (nSPS) is 19.5. The lowest BCUT2D eigenvalue weighted by Crippen LogP contribution is -2.20. The number of hydrogen-bond donors (Lipinski definition) is 2. The molecule has 132 valence electrons. The molecule has 1 aromatic rings. The van der Waals surface area contributed by atoms with Crippen molar-refractivity contribution in [1.82, 2.24) is 9.97 Å². The van der Waals surface area contributed by atoms with Gasteiger partial charge in [-0.1, -0.05) is 37.3 Å². The van der Waals surface area contributed by atoms with Crippen molar-refractivity contribution in [3.05, 3.63) is 23.4 Å². The van der Waals surface area contributed by atoms with Crippen LogP contribution in [0, 0.1) is 6.92 Å². The Hall–Kier alpha value is -1.58. The fourth-order valence-electron chi connectivity index (χ4n) is 3.82. The zero-order valence-corrected chi connectivity index (χ0v) is 15.1. The summed E-state index contributed by atoms with van der Waals surface area (Å²) in [6.45, 7) is 2.98. The summed E-state index contributed by atoms with van der Waals surface area (Å²) in [7, 11) is 0. The highest BCUT2D eigenvalue weighted by Gasteiger charge is 2.13. The molecule has 2 aliphatic carbocycles. The van der Waals surface area contributed by atoms with Gasteiger partial charge in [0, 0.05) is 24.3 Å². The van der Waals surface area contributed by atoms with E-state index in [2.05, 4.69) is 39.7 Å². The van der Waals surface area contributed by atoms with Crippen LogP contribution in [0.3, 0.4) is 0 Å². The van der Waals surface area contributed by atoms with Crippen LogP contribution in [0.4, 0.5) is 11.8 Å². The maximum Gasteiger partial charge on any atom is 0.224 e. The maximum atomic E-state index is 4.69. The van der Waals surface area contributed by atoms with E-state index in [0.29, 0.717) is 6.04 Å². The summed E-state index contributed by atoms with van der Waals surface area (Å²) in [5.74, 6) is 1.75. The molecular formula is C20H32N4. The highest BCUT2D eigenvalue weighted by Crippen LogP contribution is 2.22. The molecule has 0 unspecified atom stereocenters. The molecular weight excluding hydrogens is 296 g/mol. The van der Waals surface area contributed by atoms with E-state index < -0.39 is 0 Å². The Morgan fingerprint density at radius 1 is 1.04 bits per heavy atom. The third-order valence-electron chi connectivity index (χ3n) is 5.18. The minimum absolute atomic E-state index is 0.571. The van der Waals surface area contributed by atoms with E-state index >= 15 is 0 Å². The van der Waals surface area contributed by atoms with Gasteiger partial charge in [-0.05, 0) is 51.9 Å². The number of aromatic nitrogens is 2. The zero-order chi connectivity index (χ0) is 16.6. The molecule has 0 aromatic carbocycles. The number of aryl methyl sites for hydroxylation is 1. The molecule has 2 N–H and O–H groups in total. The standard InChI is InChI=1S/C20H32N4/c1-16-15-19(23-18-11-7-2-3-8-12-18)24-20(22-16)21-14-13-17-9-5-4-6-10-17/h9,15,18H,2-8,10-14H2,1H3,(H2,21,22,23,24). The van der Waals surface area contributed by atoms with Crippen molar-refractivity contribution >= 4 is 11.8 Å². The molecule has 0 radical (unpaired) electrons. The SMILES string of the molecule is Cc1cc(NC2CCCCCC2)nc(NCCC2=CCCCC2)n1. The molecule has 0 spiro atoms. The Bertz CT molecular complexity index is 545. The van der Waals surface area contributed by atoms with E-state index in [-0.39, 0.29) is 0 Å². The first-order valence-electron chi connectivity index (χ1n) is 9.83. The number of nitrogens with one attached hydrogen (secondary N) is 2. The summed E-state index contributed by atoms with van der Waals surface area (Å²) in [4.78, 5) is 9.23. The van der Waals surface area contributed by atoms with E-state index in [0.717, 1.165) is 30.4 Å². The van der Waals surface area contributed by atoms with Gasteiger partial charge in [0.15, 0.2) is 0 Å². The van der Waals surface area contributed by atoms with Crippen molar-refractivity contribution < 1.29 is 0 Å². The van der Waals surface area contributed by atoms with Crippen LogP contribution in [0.5, 0.6) is 0 Å². The first-order valence-corrected chi connectivity index (χ1v) is 9.83. The monoisotopic (exact) mass is 328 g/mol. The van der Waals surface area contributed by atoms with Crippen LogP contribution in [0.1, 0.15) is 76.3 Å².